The van der Waals surface area contributed by atoms with Crippen LogP contribution in [0.25, 0.3) is 0 Å². The zero-order valence-electron chi connectivity index (χ0n) is 47.8. The van der Waals surface area contributed by atoms with E-state index in [1.54, 1.807) is 0 Å². The maximum absolute atomic E-state index is 12.9. The van der Waals surface area contributed by atoms with Gasteiger partial charge in [0.2, 0.25) is 0 Å². The van der Waals surface area contributed by atoms with E-state index in [0.717, 1.165) is 57.8 Å². The van der Waals surface area contributed by atoms with Crippen LogP contribution in [-0.4, -0.2) is 37.2 Å². The van der Waals surface area contributed by atoms with Gasteiger partial charge in [-0.2, -0.15) is 0 Å². The van der Waals surface area contributed by atoms with Gasteiger partial charge in [-0.05, 0) is 96.3 Å². The van der Waals surface area contributed by atoms with Crippen LogP contribution in [0.4, 0.5) is 0 Å². The Morgan fingerprint density at radius 1 is 0.268 bits per heavy atom. The second-order valence-electron chi connectivity index (χ2n) is 21.3. The van der Waals surface area contributed by atoms with Gasteiger partial charge >= 0.3 is 17.9 Å². The predicted octanol–water partition coefficient (Wildman–Crippen LogP) is 21.2. The lowest BCUT2D eigenvalue weighted by Crippen LogP contribution is -2.30. The number of unbranched alkanes of at least 4 members (excludes halogenated alkanes) is 41. The molecule has 0 aromatic carbocycles. The molecule has 1 atom stereocenters. The lowest BCUT2D eigenvalue weighted by atomic mass is 10.0. The maximum Gasteiger partial charge on any atom is 0.306 e. The summed E-state index contributed by atoms with van der Waals surface area (Å²) in [7, 11) is 0. The van der Waals surface area contributed by atoms with Crippen molar-refractivity contribution < 1.29 is 28.6 Å². The van der Waals surface area contributed by atoms with Crippen LogP contribution in [0, 0.1) is 0 Å². The van der Waals surface area contributed by atoms with Crippen LogP contribution < -0.4 is 0 Å². The maximum atomic E-state index is 12.9. The van der Waals surface area contributed by atoms with Gasteiger partial charge in [-0.25, -0.2) is 0 Å². The summed E-state index contributed by atoms with van der Waals surface area (Å²) in [4.78, 5) is 38.3. The van der Waals surface area contributed by atoms with Crippen molar-refractivity contribution in [1.82, 2.24) is 0 Å². The van der Waals surface area contributed by atoms with Crippen LogP contribution in [0.3, 0.4) is 0 Å². The van der Waals surface area contributed by atoms with Crippen LogP contribution >= 0.6 is 0 Å². The molecule has 0 amide bonds. The van der Waals surface area contributed by atoms with E-state index in [9.17, 15) is 14.4 Å². The zero-order valence-corrected chi connectivity index (χ0v) is 47.8. The molecule has 0 saturated carbocycles. The Morgan fingerprint density at radius 3 is 0.718 bits per heavy atom. The highest BCUT2D eigenvalue weighted by atomic mass is 16.6. The minimum absolute atomic E-state index is 0.0731. The van der Waals surface area contributed by atoms with Gasteiger partial charge in [0.15, 0.2) is 6.10 Å². The molecule has 0 aromatic rings. The fraction of sp³-hybridized carbons (Fsp3) is 0.862. The Kier molecular flexibility index (Phi) is 58.2. The lowest BCUT2D eigenvalue weighted by Gasteiger charge is -2.18. The molecular formula is C65H120O6. The number of allylic oxidation sites excluding steroid dienone is 6. The normalized spacial score (nSPS) is 12.2. The molecule has 0 fully saturated rings. The second kappa shape index (κ2) is 60.2. The molecule has 0 unspecified atom stereocenters. The first-order valence-corrected chi connectivity index (χ1v) is 31.5. The molecule has 416 valence electrons. The molecule has 6 heteroatoms. The van der Waals surface area contributed by atoms with Gasteiger partial charge in [-0.3, -0.25) is 14.4 Å². The van der Waals surface area contributed by atoms with Crippen molar-refractivity contribution >= 4 is 17.9 Å². The van der Waals surface area contributed by atoms with Crippen LogP contribution in [0.2, 0.25) is 0 Å². The van der Waals surface area contributed by atoms with Crippen molar-refractivity contribution in [3.63, 3.8) is 0 Å². The van der Waals surface area contributed by atoms with E-state index in [-0.39, 0.29) is 31.1 Å². The number of esters is 3. The van der Waals surface area contributed by atoms with Crippen molar-refractivity contribution in [3.05, 3.63) is 36.5 Å². The van der Waals surface area contributed by atoms with E-state index >= 15 is 0 Å². The summed E-state index contributed by atoms with van der Waals surface area (Å²) in [5.41, 5.74) is 0. The molecule has 0 spiro atoms. The van der Waals surface area contributed by atoms with Crippen LogP contribution in [0.15, 0.2) is 36.5 Å². The number of carbonyl (C=O) groups is 3. The molecule has 0 radical (unpaired) electrons. The van der Waals surface area contributed by atoms with Gasteiger partial charge in [-0.15, -0.1) is 0 Å². The zero-order chi connectivity index (χ0) is 51.4. The Morgan fingerprint density at radius 2 is 0.465 bits per heavy atom. The summed E-state index contributed by atoms with van der Waals surface area (Å²) >= 11 is 0. The van der Waals surface area contributed by atoms with Crippen LogP contribution in [-0.2, 0) is 28.6 Å². The molecule has 0 aliphatic rings. The van der Waals surface area contributed by atoms with Crippen molar-refractivity contribution in [3.8, 4) is 0 Å². The van der Waals surface area contributed by atoms with Gasteiger partial charge in [0, 0.05) is 19.3 Å². The minimum atomic E-state index is -0.775. The summed E-state index contributed by atoms with van der Waals surface area (Å²) in [6, 6.07) is 0. The molecule has 0 saturated heterocycles. The lowest BCUT2D eigenvalue weighted by molar-refractivity contribution is -0.167. The van der Waals surface area contributed by atoms with E-state index in [4.69, 9.17) is 14.2 Å². The molecule has 71 heavy (non-hydrogen) atoms. The number of hydrogen-bond acceptors (Lipinski definition) is 6. The molecule has 6 nitrogen and oxygen atoms in total. The fourth-order valence-corrected chi connectivity index (χ4v) is 9.31. The highest BCUT2D eigenvalue weighted by Gasteiger charge is 2.19. The predicted molar refractivity (Wildman–Crippen MR) is 307 cm³/mol. The molecule has 0 aromatic heterocycles. The van der Waals surface area contributed by atoms with E-state index < -0.39 is 6.10 Å². The van der Waals surface area contributed by atoms with Crippen molar-refractivity contribution in [2.45, 2.75) is 348 Å². The fourth-order valence-electron chi connectivity index (χ4n) is 9.31. The molecule has 0 N–H and O–H groups in total. The topological polar surface area (TPSA) is 78.9 Å². The van der Waals surface area contributed by atoms with E-state index in [1.807, 2.05) is 0 Å². The van der Waals surface area contributed by atoms with Crippen LogP contribution in [0.1, 0.15) is 342 Å². The quantitative estimate of drug-likeness (QED) is 0.0261. The van der Waals surface area contributed by atoms with Crippen molar-refractivity contribution in [1.29, 1.82) is 0 Å². The first-order valence-electron chi connectivity index (χ1n) is 31.5. The van der Waals surface area contributed by atoms with Gasteiger partial charge in [0.1, 0.15) is 13.2 Å². The Bertz CT molecular complexity index is 1190. The van der Waals surface area contributed by atoms with Crippen molar-refractivity contribution in [2.24, 2.45) is 0 Å². The molecule has 0 heterocycles. The first kappa shape index (κ1) is 68.6. The third-order valence-corrected chi connectivity index (χ3v) is 14.1. The van der Waals surface area contributed by atoms with Gasteiger partial charge in [0.05, 0.1) is 0 Å². The highest BCUT2D eigenvalue weighted by Crippen LogP contribution is 2.17. The average Bonchev–Trinajstić information content (AvgIpc) is 3.37. The summed E-state index contributed by atoms with van der Waals surface area (Å²) in [6.45, 7) is 6.66. The van der Waals surface area contributed by atoms with Gasteiger partial charge < -0.3 is 14.2 Å². The summed E-state index contributed by atoms with van der Waals surface area (Å²) in [5.74, 6) is -0.861. The summed E-state index contributed by atoms with van der Waals surface area (Å²) in [5, 5.41) is 0. The monoisotopic (exact) mass is 997 g/mol. The largest absolute Gasteiger partial charge is 0.462 e. The Balaban J connectivity index is 4.33. The third kappa shape index (κ3) is 58.4. The van der Waals surface area contributed by atoms with Gasteiger partial charge in [0.25, 0.3) is 0 Å². The molecular weight excluding hydrogens is 877 g/mol. The molecule has 0 aliphatic heterocycles. The van der Waals surface area contributed by atoms with E-state index in [1.165, 1.54) is 244 Å². The Labute approximate surface area is 442 Å². The minimum Gasteiger partial charge on any atom is -0.462 e. The number of hydrogen-bond donors (Lipinski definition) is 0. The molecule has 0 rings (SSSR count). The van der Waals surface area contributed by atoms with Crippen molar-refractivity contribution in [2.75, 3.05) is 13.2 Å². The smallest absolute Gasteiger partial charge is 0.306 e. The standard InChI is InChI=1S/C65H120O6/c1-4-7-10-13-16-19-22-25-28-30-31-32-33-35-38-41-44-47-50-53-56-59-65(68)71-62(60-69-63(66)57-54-51-48-45-42-39-36-27-24-21-18-15-12-9-6-3)61-70-64(67)58-55-52-49-46-43-40-37-34-29-26-23-20-17-14-11-8-5-2/h21,24-26,28-29,62H,4-20,22-23,27,30-61H2,1-3H3/b24-21-,28-25-,29-26-/t62-/m0/s1. The van der Waals surface area contributed by atoms with Crippen LogP contribution in [0.5, 0.6) is 0 Å². The van der Waals surface area contributed by atoms with E-state index in [2.05, 4.69) is 57.2 Å². The highest BCUT2D eigenvalue weighted by molar-refractivity contribution is 5.71. The summed E-state index contributed by atoms with van der Waals surface area (Å²) < 4.78 is 16.9. The molecule has 0 aliphatic carbocycles. The number of carbonyl (C=O) groups excluding carboxylic acids is 3. The second-order valence-corrected chi connectivity index (χ2v) is 21.3. The average molecular weight is 998 g/mol. The SMILES string of the molecule is CCCCCC/C=C\CCCCCCCCCC(=O)OC[C@@H](COC(=O)CCCCCCCCC/C=C\CCCCCCCC)OC(=O)CCCCCCCCCCCCC/C=C\CCCCCCCC. The summed E-state index contributed by atoms with van der Waals surface area (Å²) in [6.07, 6.45) is 72.8. The number of ether oxygens (including phenoxy) is 3. The van der Waals surface area contributed by atoms with E-state index in [0.29, 0.717) is 19.3 Å². The number of rotatable bonds is 58. The Hall–Kier alpha value is -2.37. The third-order valence-electron chi connectivity index (χ3n) is 14.1. The molecule has 0 bridgehead atoms. The van der Waals surface area contributed by atoms with Gasteiger partial charge in [-0.1, -0.05) is 263 Å². The first-order chi connectivity index (χ1) is 35.0.